The molecule has 0 spiro atoms. The van der Waals surface area contributed by atoms with Gasteiger partial charge < -0.3 is 19.7 Å². The summed E-state index contributed by atoms with van der Waals surface area (Å²) in [6.07, 6.45) is 3.15. The normalized spacial score (nSPS) is 17.3. The minimum atomic E-state index is 0.0713. The Hall–Kier alpha value is -1.75. The molecule has 1 atom stereocenters. The summed E-state index contributed by atoms with van der Waals surface area (Å²) in [4.78, 5) is 14.6. The number of likely N-dealkylation sites (tertiary alicyclic amines) is 1. The molecule has 0 aromatic heterocycles. The molecule has 1 aliphatic rings. The first kappa shape index (κ1) is 17.6. The molecular weight excluding hydrogens is 292 g/mol. The second-order valence-electron chi connectivity index (χ2n) is 6.03. The van der Waals surface area contributed by atoms with Crippen molar-refractivity contribution in [3.63, 3.8) is 0 Å². The van der Waals surface area contributed by atoms with Gasteiger partial charge in [-0.25, -0.2) is 0 Å². The molecule has 1 saturated heterocycles. The highest BCUT2D eigenvalue weighted by atomic mass is 16.5. The molecule has 0 saturated carbocycles. The zero-order valence-corrected chi connectivity index (χ0v) is 14.4. The van der Waals surface area contributed by atoms with E-state index in [1.807, 2.05) is 24.1 Å². The van der Waals surface area contributed by atoms with Crippen molar-refractivity contribution in [3.05, 3.63) is 23.8 Å². The quantitative estimate of drug-likeness (QED) is 0.748. The fourth-order valence-corrected chi connectivity index (χ4v) is 2.90. The number of nitrogens with zero attached hydrogens (tertiary/aromatic N) is 1. The van der Waals surface area contributed by atoms with E-state index in [0.29, 0.717) is 29.6 Å². The highest BCUT2D eigenvalue weighted by Gasteiger charge is 2.26. The van der Waals surface area contributed by atoms with Gasteiger partial charge in [0.2, 0.25) is 0 Å². The van der Waals surface area contributed by atoms with Crippen LogP contribution in [0, 0.1) is 5.92 Å². The monoisotopic (exact) mass is 320 g/mol. The van der Waals surface area contributed by atoms with E-state index in [0.717, 1.165) is 38.9 Å². The topological polar surface area (TPSA) is 50.8 Å². The molecule has 1 unspecified atom stereocenters. The first-order valence-electron chi connectivity index (χ1n) is 8.44. The van der Waals surface area contributed by atoms with E-state index in [2.05, 4.69) is 12.2 Å². The van der Waals surface area contributed by atoms with Crippen molar-refractivity contribution >= 4 is 5.91 Å². The Morgan fingerprint density at radius 1 is 1.39 bits per heavy atom. The first-order valence-corrected chi connectivity index (χ1v) is 8.44. The van der Waals surface area contributed by atoms with Crippen molar-refractivity contribution in [1.82, 2.24) is 10.2 Å². The average molecular weight is 320 g/mol. The van der Waals surface area contributed by atoms with Crippen LogP contribution < -0.4 is 14.8 Å². The molecule has 1 amide bonds. The van der Waals surface area contributed by atoms with E-state index in [-0.39, 0.29) is 5.91 Å². The van der Waals surface area contributed by atoms with Crippen molar-refractivity contribution in [2.24, 2.45) is 5.92 Å². The third-order valence-corrected chi connectivity index (χ3v) is 4.23. The van der Waals surface area contributed by atoms with Crippen molar-refractivity contribution in [1.29, 1.82) is 0 Å². The molecule has 1 heterocycles. The SMILES string of the molecule is CCCCOc1ccc(C(=O)N2CCC(CNC)C2)cc1OC. The van der Waals surface area contributed by atoms with Gasteiger partial charge in [-0.05, 0) is 50.6 Å². The van der Waals surface area contributed by atoms with Gasteiger partial charge >= 0.3 is 0 Å². The van der Waals surface area contributed by atoms with E-state index in [1.54, 1.807) is 13.2 Å². The molecule has 5 heteroatoms. The molecule has 128 valence electrons. The Morgan fingerprint density at radius 2 is 2.22 bits per heavy atom. The lowest BCUT2D eigenvalue weighted by molar-refractivity contribution is 0.0786. The van der Waals surface area contributed by atoms with Gasteiger partial charge in [0, 0.05) is 18.7 Å². The van der Waals surface area contributed by atoms with E-state index in [1.165, 1.54) is 0 Å². The Balaban J connectivity index is 2.03. The average Bonchev–Trinajstić information content (AvgIpc) is 3.03. The largest absolute Gasteiger partial charge is 0.493 e. The van der Waals surface area contributed by atoms with E-state index >= 15 is 0 Å². The second-order valence-corrected chi connectivity index (χ2v) is 6.03. The fourth-order valence-electron chi connectivity index (χ4n) is 2.90. The number of hydrogen-bond donors (Lipinski definition) is 1. The van der Waals surface area contributed by atoms with Crippen LogP contribution in [0.3, 0.4) is 0 Å². The van der Waals surface area contributed by atoms with Crippen LogP contribution in [0.4, 0.5) is 0 Å². The van der Waals surface area contributed by atoms with Crippen LogP contribution in [0.2, 0.25) is 0 Å². The summed E-state index contributed by atoms with van der Waals surface area (Å²) >= 11 is 0. The standard InChI is InChI=1S/C18H28N2O3/c1-4-5-10-23-16-7-6-15(11-17(16)22-3)18(21)20-9-8-14(13-20)12-19-2/h6-7,11,14,19H,4-5,8-10,12-13H2,1-3H3. The maximum atomic E-state index is 12.6. The van der Waals surface area contributed by atoms with Gasteiger partial charge in [0.1, 0.15) is 0 Å². The predicted octanol–water partition coefficient (Wildman–Crippen LogP) is 2.56. The first-order chi connectivity index (χ1) is 11.2. The zero-order chi connectivity index (χ0) is 16.7. The molecule has 1 aromatic carbocycles. The maximum Gasteiger partial charge on any atom is 0.254 e. The molecule has 23 heavy (non-hydrogen) atoms. The van der Waals surface area contributed by atoms with Gasteiger partial charge in [0.05, 0.1) is 13.7 Å². The number of hydrogen-bond acceptors (Lipinski definition) is 4. The molecular formula is C18H28N2O3. The van der Waals surface area contributed by atoms with Crippen molar-refractivity contribution in [2.75, 3.05) is 40.4 Å². The highest BCUT2D eigenvalue weighted by molar-refractivity contribution is 5.95. The number of amides is 1. The summed E-state index contributed by atoms with van der Waals surface area (Å²) in [7, 11) is 3.56. The Morgan fingerprint density at radius 3 is 2.91 bits per heavy atom. The fraction of sp³-hybridized carbons (Fsp3) is 0.611. The number of benzene rings is 1. The minimum Gasteiger partial charge on any atom is -0.493 e. The molecule has 0 radical (unpaired) electrons. The molecule has 1 aliphatic heterocycles. The van der Waals surface area contributed by atoms with Crippen LogP contribution in [0.5, 0.6) is 11.5 Å². The van der Waals surface area contributed by atoms with Crippen LogP contribution in [-0.4, -0.2) is 51.2 Å². The lowest BCUT2D eigenvalue weighted by Gasteiger charge is -2.18. The summed E-state index contributed by atoms with van der Waals surface area (Å²) in [6.45, 7) is 5.38. The number of carbonyl (C=O) groups excluding carboxylic acids is 1. The lowest BCUT2D eigenvalue weighted by Crippen LogP contribution is -2.30. The molecule has 1 aromatic rings. The van der Waals surface area contributed by atoms with E-state index in [4.69, 9.17) is 9.47 Å². The Kier molecular flexibility index (Phi) is 6.71. The lowest BCUT2D eigenvalue weighted by atomic mass is 10.1. The summed E-state index contributed by atoms with van der Waals surface area (Å²) in [6, 6.07) is 5.45. The van der Waals surface area contributed by atoms with E-state index < -0.39 is 0 Å². The van der Waals surface area contributed by atoms with E-state index in [9.17, 15) is 4.79 Å². The zero-order valence-electron chi connectivity index (χ0n) is 14.4. The minimum absolute atomic E-state index is 0.0713. The molecule has 1 N–H and O–H groups in total. The smallest absolute Gasteiger partial charge is 0.254 e. The second kappa shape index (κ2) is 8.77. The number of ether oxygens (including phenoxy) is 2. The van der Waals surface area contributed by atoms with Gasteiger partial charge in [0.25, 0.3) is 5.91 Å². The van der Waals surface area contributed by atoms with Gasteiger partial charge in [-0.2, -0.15) is 0 Å². The summed E-state index contributed by atoms with van der Waals surface area (Å²) in [5.41, 5.74) is 0.662. The molecule has 1 fully saturated rings. The Labute approximate surface area is 139 Å². The third kappa shape index (κ3) is 4.61. The van der Waals surface area contributed by atoms with Gasteiger partial charge in [0.15, 0.2) is 11.5 Å². The predicted molar refractivity (Wildman–Crippen MR) is 91.3 cm³/mol. The number of methoxy groups -OCH3 is 1. The third-order valence-electron chi connectivity index (χ3n) is 4.23. The van der Waals surface area contributed by atoms with Crippen molar-refractivity contribution < 1.29 is 14.3 Å². The summed E-state index contributed by atoms with van der Waals surface area (Å²) in [5.74, 6) is 1.94. The van der Waals surface area contributed by atoms with Crippen LogP contribution in [-0.2, 0) is 0 Å². The Bertz CT molecular complexity index is 519. The molecule has 0 bridgehead atoms. The highest BCUT2D eigenvalue weighted by Crippen LogP contribution is 2.29. The van der Waals surface area contributed by atoms with Gasteiger partial charge in [-0.3, -0.25) is 4.79 Å². The van der Waals surface area contributed by atoms with Gasteiger partial charge in [-0.1, -0.05) is 13.3 Å². The van der Waals surface area contributed by atoms with Crippen molar-refractivity contribution in [3.8, 4) is 11.5 Å². The summed E-state index contributed by atoms with van der Waals surface area (Å²) in [5, 5.41) is 3.18. The van der Waals surface area contributed by atoms with Gasteiger partial charge in [-0.15, -0.1) is 0 Å². The molecule has 5 nitrogen and oxygen atoms in total. The van der Waals surface area contributed by atoms with Crippen LogP contribution in [0.15, 0.2) is 18.2 Å². The number of unbranched alkanes of at least 4 members (excludes halogenated alkanes) is 1. The summed E-state index contributed by atoms with van der Waals surface area (Å²) < 4.78 is 11.1. The molecule has 2 rings (SSSR count). The molecule has 0 aliphatic carbocycles. The van der Waals surface area contributed by atoms with Crippen molar-refractivity contribution in [2.45, 2.75) is 26.2 Å². The number of nitrogens with one attached hydrogen (secondary N) is 1. The van der Waals surface area contributed by atoms with Crippen LogP contribution in [0.25, 0.3) is 0 Å². The van der Waals surface area contributed by atoms with Crippen LogP contribution in [0.1, 0.15) is 36.5 Å². The van der Waals surface area contributed by atoms with Crippen LogP contribution >= 0.6 is 0 Å². The number of rotatable bonds is 8. The maximum absolute atomic E-state index is 12.6. The number of carbonyl (C=O) groups is 1.